The van der Waals surface area contributed by atoms with E-state index in [4.69, 9.17) is 11.3 Å². The molecule has 0 aliphatic rings. The van der Waals surface area contributed by atoms with Crippen molar-refractivity contribution < 1.29 is 11.3 Å². The molecule has 0 bridgehead atoms. The van der Waals surface area contributed by atoms with Gasteiger partial charge in [0.1, 0.15) is 11.2 Å². The van der Waals surface area contributed by atoms with Crippen LogP contribution in [0.2, 0.25) is 0 Å². The summed E-state index contributed by atoms with van der Waals surface area (Å²) in [5.41, 5.74) is 1.89. The predicted molar refractivity (Wildman–Crippen MR) is 79.2 cm³/mol. The van der Waals surface area contributed by atoms with E-state index in [2.05, 4.69) is 0 Å². The van der Waals surface area contributed by atoms with E-state index < -0.39 is 6.04 Å². The van der Waals surface area contributed by atoms with Crippen LogP contribution in [0.1, 0.15) is 6.85 Å². The fourth-order valence-corrected chi connectivity index (χ4v) is 2.33. The van der Waals surface area contributed by atoms with Crippen LogP contribution < -0.4 is 0 Å². The lowest BCUT2D eigenvalue weighted by atomic mass is 10.0. The summed E-state index contributed by atoms with van der Waals surface area (Å²) in [4.78, 5) is 0. The second-order valence-corrected chi connectivity index (χ2v) is 4.28. The van der Waals surface area contributed by atoms with Gasteiger partial charge < -0.3 is 4.42 Å². The van der Waals surface area contributed by atoms with Gasteiger partial charge in [-0.05, 0) is 11.6 Å². The van der Waals surface area contributed by atoms with Gasteiger partial charge in [-0.3, -0.25) is 0 Å². The smallest absolute Gasteiger partial charge is 0.143 e. The molecule has 1 heterocycles. The highest BCUT2D eigenvalue weighted by molar-refractivity contribution is 6.09. The number of benzene rings is 3. The largest absolute Gasteiger partial charge is 0.455 e. The van der Waals surface area contributed by atoms with Crippen LogP contribution in [0.15, 0.2) is 77.1 Å². The third-order valence-corrected chi connectivity index (χ3v) is 3.17. The van der Waals surface area contributed by atoms with Gasteiger partial charge in [-0.15, -0.1) is 0 Å². The monoisotopic (exact) mass is 249 g/mol. The van der Waals surface area contributed by atoms with E-state index in [-0.39, 0.29) is 29.7 Å². The first-order chi connectivity index (χ1) is 11.5. The Bertz CT molecular complexity index is 1080. The van der Waals surface area contributed by atoms with Crippen molar-refractivity contribution in [1.29, 1.82) is 0 Å². The molecule has 3 aromatic carbocycles. The van der Waals surface area contributed by atoms with Gasteiger partial charge in [-0.2, -0.15) is 0 Å². The molecule has 0 spiro atoms. The number of hydrogen-bond donors (Lipinski definition) is 0. The highest BCUT2D eigenvalue weighted by atomic mass is 16.3. The van der Waals surface area contributed by atoms with Crippen LogP contribution >= 0.6 is 0 Å². The number of fused-ring (bicyclic) bond motifs is 3. The molecule has 1 heteroatoms. The topological polar surface area (TPSA) is 13.1 Å². The van der Waals surface area contributed by atoms with Crippen molar-refractivity contribution in [2.24, 2.45) is 0 Å². The lowest BCUT2D eigenvalue weighted by Gasteiger charge is -2.01. The molecule has 19 heavy (non-hydrogen) atoms. The molecule has 0 aliphatic carbocycles. The second-order valence-electron chi connectivity index (χ2n) is 4.28. The minimum absolute atomic E-state index is 0.158. The van der Waals surface area contributed by atoms with Crippen LogP contribution in [0.4, 0.5) is 0 Å². The molecule has 0 atom stereocenters. The van der Waals surface area contributed by atoms with Crippen molar-refractivity contribution in [1.82, 2.24) is 0 Å². The second kappa shape index (κ2) is 3.99. The van der Waals surface area contributed by atoms with Gasteiger partial charge in [0.05, 0.1) is 6.85 Å². The molecule has 4 rings (SSSR count). The van der Waals surface area contributed by atoms with Gasteiger partial charge in [0.25, 0.3) is 0 Å². The third-order valence-electron chi connectivity index (χ3n) is 3.17. The molecule has 90 valence electrons. The van der Waals surface area contributed by atoms with E-state index >= 15 is 0 Å². The molecule has 1 nitrogen and oxygen atoms in total. The minimum Gasteiger partial charge on any atom is -0.455 e. The Balaban J connectivity index is 2.16. The molecular formula is C18H12O. The fourth-order valence-electron chi connectivity index (χ4n) is 2.33. The zero-order chi connectivity index (χ0) is 17.0. The quantitative estimate of drug-likeness (QED) is 0.449. The van der Waals surface area contributed by atoms with Gasteiger partial charge in [-0.25, -0.2) is 0 Å². The number of hydrogen-bond acceptors (Lipinski definition) is 1. The lowest BCUT2D eigenvalue weighted by molar-refractivity contribution is 0.670. The summed E-state index contributed by atoms with van der Waals surface area (Å²) in [6, 6.07) is 11.4. The van der Waals surface area contributed by atoms with Gasteiger partial charge >= 0.3 is 0 Å². The summed E-state index contributed by atoms with van der Waals surface area (Å²) in [6.45, 7) is 0. The Morgan fingerprint density at radius 1 is 0.789 bits per heavy atom. The van der Waals surface area contributed by atoms with E-state index in [9.17, 15) is 0 Å². The fraction of sp³-hybridized carbons (Fsp3) is 0. The molecule has 0 N–H and O–H groups in total. The Hall–Kier alpha value is -2.54. The van der Waals surface area contributed by atoms with Crippen LogP contribution in [0.3, 0.4) is 0 Å². The Labute approximate surface area is 118 Å². The van der Waals surface area contributed by atoms with Crippen molar-refractivity contribution >= 4 is 21.9 Å². The summed E-state index contributed by atoms with van der Waals surface area (Å²) >= 11 is 0. The normalized spacial score (nSPS) is 14.8. The number of furan rings is 1. The molecule has 0 amide bonds. The molecule has 0 aliphatic heterocycles. The predicted octanol–water partition coefficient (Wildman–Crippen LogP) is 5.25. The average Bonchev–Trinajstić information content (AvgIpc) is 2.98. The van der Waals surface area contributed by atoms with Crippen molar-refractivity contribution in [3.8, 4) is 11.1 Å². The van der Waals surface area contributed by atoms with E-state index in [0.29, 0.717) is 16.7 Å². The molecule has 1 aromatic heterocycles. The molecule has 0 unspecified atom stereocenters. The maximum Gasteiger partial charge on any atom is 0.143 e. The third kappa shape index (κ3) is 1.55. The number of para-hydroxylation sites is 2. The van der Waals surface area contributed by atoms with E-state index in [0.717, 1.165) is 10.8 Å². The maximum absolute atomic E-state index is 8.17. The Kier molecular flexibility index (Phi) is 1.38. The van der Waals surface area contributed by atoms with E-state index in [1.807, 2.05) is 30.3 Å². The molecular weight excluding hydrogens is 232 g/mol. The van der Waals surface area contributed by atoms with Crippen molar-refractivity contribution in [2.75, 3.05) is 0 Å². The van der Waals surface area contributed by atoms with Crippen LogP contribution in [0.25, 0.3) is 33.1 Å². The maximum atomic E-state index is 8.17. The summed E-state index contributed by atoms with van der Waals surface area (Å²) in [6.07, 6.45) is 0. The molecule has 0 saturated heterocycles. The zero-order valence-corrected chi connectivity index (χ0v) is 9.95. The Morgan fingerprint density at radius 2 is 1.58 bits per heavy atom. The Morgan fingerprint density at radius 3 is 2.47 bits per heavy atom. The van der Waals surface area contributed by atoms with Crippen molar-refractivity contribution in [3.05, 3.63) is 72.7 Å². The molecule has 0 radical (unpaired) electrons. The molecule has 0 fully saturated rings. The first kappa shape index (κ1) is 6.58. The minimum atomic E-state index is -0.398. The van der Waals surface area contributed by atoms with Gasteiger partial charge in [0.15, 0.2) is 0 Å². The summed E-state index contributed by atoms with van der Waals surface area (Å²) in [5.74, 6) is 0. The first-order valence-corrected chi connectivity index (χ1v) is 5.98. The molecule has 0 saturated carbocycles. The van der Waals surface area contributed by atoms with E-state index in [1.54, 1.807) is 12.1 Å². The number of rotatable bonds is 1. The lowest BCUT2D eigenvalue weighted by Crippen LogP contribution is -1.77. The van der Waals surface area contributed by atoms with Crippen molar-refractivity contribution in [2.45, 2.75) is 0 Å². The van der Waals surface area contributed by atoms with Crippen LogP contribution in [0, 0.1) is 0 Å². The average molecular weight is 249 g/mol. The zero-order valence-electron chi connectivity index (χ0n) is 14.9. The van der Waals surface area contributed by atoms with Crippen LogP contribution in [-0.2, 0) is 0 Å². The van der Waals surface area contributed by atoms with Gasteiger partial charge in [0.2, 0.25) is 0 Å². The van der Waals surface area contributed by atoms with Crippen LogP contribution in [-0.4, -0.2) is 0 Å². The highest BCUT2D eigenvalue weighted by Crippen LogP contribution is 2.35. The van der Waals surface area contributed by atoms with Gasteiger partial charge in [0, 0.05) is 16.3 Å². The highest BCUT2D eigenvalue weighted by Gasteiger charge is 2.10. The summed E-state index contributed by atoms with van der Waals surface area (Å²) < 4.78 is 45.7. The summed E-state index contributed by atoms with van der Waals surface area (Å²) in [5, 5.41) is 1.79. The van der Waals surface area contributed by atoms with Crippen LogP contribution in [0.5, 0.6) is 0 Å². The standard InChI is InChI=1S/C18H12O/c1-2-7-13(8-3-1)14-10-6-11-16-15-9-4-5-12-17(15)19-18(14)16/h1-12H/i1D,2D,3D,7D,8D. The SMILES string of the molecule is [2H]c1c([2H])c([2H])c(-c2cccc3c2oc2ccccc23)c([2H])c1[2H]. The van der Waals surface area contributed by atoms with E-state index in [1.165, 1.54) is 0 Å². The van der Waals surface area contributed by atoms with Gasteiger partial charge in [-0.1, -0.05) is 66.6 Å². The summed E-state index contributed by atoms with van der Waals surface area (Å²) in [7, 11) is 0. The first-order valence-electron chi connectivity index (χ1n) is 8.48. The molecule has 4 aromatic rings. The van der Waals surface area contributed by atoms with Crippen molar-refractivity contribution in [3.63, 3.8) is 0 Å².